The molecule has 0 bridgehead atoms. The van der Waals surface area contributed by atoms with Crippen molar-refractivity contribution in [3.05, 3.63) is 59.3 Å². The SMILES string of the molecule is C=C/N=C(\C=C(/C)CC)c1ccc(C(F)(F)S)cc1C. The van der Waals surface area contributed by atoms with Crippen molar-refractivity contribution in [1.82, 2.24) is 0 Å². The zero-order chi connectivity index (χ0) is 15.3. The zero-order valence-electron chi connectivity index (χ0n) is 12.0. The number of alkyl halides is 2. The van der Waals surface area contributed by atoms with Gasteiger partial charge in [-0.3, -0.25) is 4.99 Å². The van der Waals surface area contributed by atoms with Crippen molar-refractivity contribution in [3.63, 3.8) is 0 Å². The largest absolute Gasteiger partial charge is 0.316 e. The number of hydrogen-bond donors (Lipinski definition) is 1. The molecule has 0 aliphatic heterocycles. The molecule has 0 aliphatic carbocycles. The molecule has 0 spiro atoms. The predicted molar refractivity (Wildman–Crippen MR) is 84.8 cm³/mol. The van der Waals surface area contributed by atoms with Gasteiger partial charge in [-0.05, 0) is 38.0 Å². The van der Waals surface area contributed by atoms with E-state index in [0.29, 0.717) is 0 Å². The Morgan fingerprint density at radius 1 is 1.45 bits per heavy atom. The van der Waals surface area contributed by atoms with Crippen molar-refractivity contribution in [2.45, 2.75) is 32.4 Å². The van der Waals surface area contributed by atoms with Crippen molar-refractivity contribution in [1.29, 1.82) is 0 Å². The standard InChI is InChI=1S/C16H19F2NS/c1-5-11(3)9-15(19-6-2)14-8-7-13(10-12(14)4)16(17,18)20/h6-10,20H,2,5H2,1,3-4H3/b11-9+,19-15+. The number of hydrogen-bond acceptors (Lipinski definition) is 2. The molecule has 4 heteroatoms. The van der Waals surface area contributed by atoms with Gasteiger partial charge in [0.15, 0.2) is 0 Å². The van der Waals surface area contributed by atoms with E-state index in [9.17, 15) is 8.78 Å². The van der Waals surface area contributed by atoms with Gasteiger partial charge in [-0.25, -0.2) is 0 Å². The zero-order valence-corrected chi connectivity index (χ0v) is 12.8. The van der Waals surface area contributed by atoms with Gasteiger partial charge in [-0.1, -0.05) is 31.2 Å². The molecule has 20 heavy (non-hydrogen) atoms. The molecule has 0 atom stereocenters. The smallest absolute Gasteiger partial charge is 0.257 e. The maximum absolute atomic E-state index is 13.2. The van der Waals surface area contributed by atoms with Gasteiger partial charge in [-0.15, -0.1) is 12.6 Å². The summed E-state index contributed by atoms with van der Waals surface area (Å²) in [6.07, 6.45) is 4.31. The Balaban J connectivity index is 3.30. The topological polar surface area (TPSA) is 12.4 Å². The summed E-state index contributed by atoms with van der Waals surface area (Å²) in [4.78, 5) is 4.23. The molecule has 0 saturated heterocycles. The van der Waals surface area contributed by atoms with Gasteiger partial charge in [0, 0.05) is 17.3 Å². The fourth-order valence-electron chi connectivity index (χ4n) is 1.76. The van der Waals surface area contributed by atoms with E-state index in [1.54, 1.807) is 13.0 Å². The molecule has 0 aromatic heterocycles. The molecule has 108 valence electrons. The molecular formula is C16H19F2NS. The van der Waals surface area contributed by atoms with Crippen molar-refractivity contribution < 1.29 is 8.78 Å². The average molecular weight is 295 g/mol. The Morgan fingerprint density at radius 3 is 2.55 bits per heavy atom. The van der Waals surface area contributed by atoms with E-state index in [4.69, 9.17) is 0 Å². The Bertz CT molecular complexity index is 554. The minimum Gasteiger partial charge on any atom is -0.257 e. The first-order chi connectivity index (χ1) is 9.29. The van der Waals surface area contributed by atoms with Crippen LogP contribution in [0.15, 0.2) is 47.6 Å². The van der Waals surface area contributed by atoms with E-state index in [1.165, 1.54) is 18.3 Å². The van der Waals surface area contributed by atoms with Crippen LogP contribution in [0.5, 0.6) is 0 Å². The normalized spacial score (nSPS) is 13.5. The molecule has 1 aromatic rings. The van der Waals surface area contributed by atoms with Gasteiger partial charge >= 0.3 is 5.25 Å². The van der Waals surface area contributed by atoms with Gasteiger partial charge < -0.3 is 0 Å². The highest BCUT2D eigenvalue weighted by Gasteiger charge is 2.26. The lowest BCUT2D eigenvalue weighted by atomic mass is 9.99. The molecule has 0 N–H and O–H groups in total. The number of aliphatic imine (C=N–C) groups is 1. The lowest BCUT2D eigenvalue weighted by molar-refractivity contribution is 0.108. The summed E-state index contributed by atoms with van der Waals surface area (Å²) in [5.41, 5.74) is 3.33. The van der Waals surface area contributed by atoms with Gasteiger partial charge in [0.25, 0.3) is 0 Å². The predicted octanol–water partition coefficient (Wildman–Crippen LogP) is 5.26. The number of halogens is 2. The van der Waals surface area contributed by atoms with Crippen molar-refractivity contribution >= 4 is 18.3 Å². The number of thiol groups is 1. The highest BCUT2D eigenvalue weighted by Crippen LogP contribution is 2.32. The number of allylic oxidation sites excluding steroid dienone is 2. The quantitative estimate of drug-likeness (QED) is 0.562. The summed E-state index contributed by atoms with van der Waals surface area (Å²) in [5.74, 6) is 0. The molecule has 0 radical (unpaired) electrons. The third-order valence-electron chi connectivity index (χ3n) is 3.02. The number of benzene rings is 1. The molecule has 0 fully saturated rings. The molecule has 0 unspecified atom stereocenters. The van der Waals surface area contributed by atoms with Crippen molar-refractivity contribution in [2.24, 2.45) is 4.99 Å². The molecule has 0 aliphatic rings. The lowest BCUT2D eigenvalue weighted by Gasteiger charge is -2.13. The summed E-state index contributed by atoms with van der Waals surface area (Å²) in [5, 5.41) is -3.13. The fraction of sp³-hybridized carbons (Fsp3) is 0.312. The number of rotatable bonds is 5. The van der Waals surface area contributed by atoms with E-state index < -0.39 is 5.25 Å². The van der Waals surface area contributed by atoms with E-state index in [-0.39, 0.29) is 5.56 Å². The highest BCUT2D eigenvalue weighted by molar-refractivity contribution is 7.81. The second kappa shape index (κ2) is 6.84. The van der Waals surface area contributed by atoms with Crippen LogP contribution in [0.25, 0.3) is 0 Å². The molecule has 1 rings (SSSR count). The van der Waals surface area contributed by atoms with Crippen LogP contribution in [0, 0.1) is 6.92 Å². The molecule has 1 aromatic carbocycles. The van der Waals surface area contributed by atoms with E-state index in [0.717, 1.165) is 28.8 Å². The summed E-state index contributed by atoms with van der Waals surface area (Å²) in [7, 11) is 0. The second-order valence-corrected chi connectivity index (χ2v) is 5.17. The van der Waals surface area contributed by atoms with Crippen LogP contribution in [0.2, 0.25) is 0 Å². The number of nitrogens with zero attached hydrogens (tertiary/aromatic N) is 1. The van der Waals surface area contributed by atoms with E-state index in [1.807, 2.05) is 13.0 Å². The molecule has 1 nitrogen and oxygen atoms in total. The van der Waals surface area contributed by atoms with Crippen LogP contribution < -0.4 is 0 Å². The van der Waals surface area contributed by atoms with Crippen LogP contribution in [0.1, 0.15) is 37.0 Å². The average Bonchev–Trinajstić information content (AvgIpc) is 2.37. The Labute approximate surface area is 124 Å². The maximum atomic E-state index is 13.2. The molecular weight excluding hydrogens is 276 g/mol. The third-order valence-corrected chi connectivity index (χ3v) is 3.28. The van der Waals surface area contributed by atoms with Crippen LogP contribution in [0.3, 0.4) is 0 Å². The minimum absolute atomic E-state index is 0.115. The summed E-state index contributed by atoms with van der Waals surface area (Å²) in [6.45, 7) is 9.43. The minimum atomic E-state index is -3.13. The van der Waals surface area contributed by atoms with Gasteiger partial charge in [0.05, 0.1) is 5.71 Å². The van der Waals surface area contributed by atoms with Gasteiger partial charge in [-0.2, -0.15) is 8.78 Å². The van der Waals surface area contributed by atoms with Crippen molar-refractivity contribution in [2.75, 3.05) is 0 Å². The first kappa shape index (κ1) is 16.6. The Morgan fingerprint density at radius 2 is 2.10 bits per heavy atom. The number of aryl methyl sites for hydroxylation is 1. The van der Waals surface area contributed by atoms with Crippen LogP contribution in [-0.4, -0.2) is 5.71 Å². The summed E-state index contributed by atoms with van der Waals surface area (Å²) >= 11 is 3.30. The van der Waals surface area contributed by atoms with Crippen LogP contribution in [-0.2, 0) is 5.25 Å². The Hall–Kier alpha value is -1.42. The first-order valence-corrected chi connectivity index (χ1v) is 6.81. The molecule has 0 saturated carbocycles. The monoisotopic (exact) mass is 295 g/mol. The van der Waals surface area contributed by atoms with Gasteiger partial charge in [0.1, 0.15) is 0 Å². The second-order valence-electron chi connectivity index (χ2n) is 4.61. The van der Waals surface area contributed by atoms with Crippen LogP contribution >= 0.6 is 12.6 Å². The maximum Gasteiger partial charge on any atom is 0.316 e. The molecule has 0 amide bonds. The van der Waals surface area contributed by atoms with Crippen molar-refractivity contribution in [3.8, 4) is 0 Å². The third kappa shape index (κ3) is 4.30. The first-order valence-electron chi connectivity index (χ1n) is 6.37. The highest BCUT2D eigenvalue weighted by atomic mass is 32.1. The Kier molecular flexibility index (Phi) is 5.69. The van der Waals surface area contributed by atoms with E-state index >= 15 is 0 Å². The fourth-order valence-corrected chi connectivity index (χ4v) is 1.90. The molecule has 0 heterocycles. The van der Waals surface area contributed by atoms with E-state index in [2.05, 4.69) is 31.1 Å². The van der Waals surface area contributed by atoms with Crippen LogP contribution in [0.4, 0.5) is 8.78 Å². The summed E-state index contributed by atoms with van der Waals surface area (Å²) < 4.78 is 26.4. The summed E-state index contributed by atoms with van der Waals surface area (Å²) in [6, 6.07) is 4.47. The van der Waals surface area contributed by atoms with Gasteiger partial charge in [0.2, 0.25) is 0 Å². The lowest BCUT2D eigenvalue weighted by Crippen LogP contribution is -2.07.